The van der Waals surface area contributed by atoms with Gasteiger partial charge >= 0.3 is 11.9 Å². The predicted molar refractivity (Wildman–Crippen MR) is 138 cm³/mol. The minimum Gasteiger partial charge on any atom is -0.423 e. The highest BCUT2D eigenvalue weighted by molar-refractivity contribution is 5.89. The second-order valence-corrected chi connectivity index (χ2v) is 8.02. The van der Waals surface area contributed by atoms with Gasteiger partial charge in [-0.2, -0.15) is 0 Å². The molecule has 182 valence electrons. The van der Waals surface area contributed by atoms with Crippen molar-refractivity contribution in [2.45, 2.75) is 13.8 Å². The minimum absolute atomic E-state index is 0.0673. The van der Waals surface area contributed by atoms with Crippen molar-refractivity contribution in [1.29, 1.82) is 0 Å². The number of rotatable bonds is 8. The van der Waals surface area contributed by atoms with Gasteiger partial charge in [-0.15, -0.1) is 0 Å². The van der Waals surface area contributed by atoms with Crippen LogP contribution in [0.3, 0.4) is 0 Å². The Kier molecular flexibility index (Phi) is 8.47. The first-order valence-electron chi connectivity index (χ1n) is 10.9. The van der Waals surface area contributed by atoms with Crippen molar-refractivity contribution in [2.24, 2.45) is 0 Å². The SMILES string of the molecule is C=C(C)C(=O)Oc1ccc(C=Cc2ccc(C=Cc3cccc(OC(=O)C(=C)C)c3)c(F)c2F)cc1. The van der Waals surface area contributed by atoms with Gasteiger partial charge in [0.05, 0.1) is 0 Å². The van der Waals surface area contributed by atoms with Crippen molar-refractivity contribution in [3.05, 3.63) is 119 Å². The molecule has 3 aromatic carbocycles. The van der Waals surface area contributed by atoms with E-state index in [9.17, 15) is 18.4 Å². The summed E-state index contributed by atoms with van der Waals surface area (Å²) in [7, 11) is 0. The maximum atomic E-state index is 14.7. The van der Waals surface area contributed by atoms with Crippen LogP contribution in [0.25, 0.3) is 24.3 Å². The molecule has 4 nitrogen and oxygen atoms in total. The fourth-order valence-electron chi connectivity index (χ4n) is 2.93. The molecule has 0 bridgehead atoms. The van der Waals surface area contributed by atoms with Crippen LogP contribution in [0.2, 0.25) is 0 Å². The van der Waals surface area contributed by atoms with Crippen LogP contribution in [0.4, 0.5) is 8.78 Å². The molecule has 3 aromatic rings. The molecule has 0 saturated carbocycles. The molecule has 0 aliphatic rings. The minimum atomic E-state index is -0.986. The average Bonchev–Trinajstić information content (AvgIpc) is 2.85. The predicted octanol–water partition coefficient (Wildman–Crippen LogP) is 7.27. The van der Waals surface area contributed by atoms with E-state index < -0.39 is 23.6 Å². The van der Waals surface area contributed by atoms with Crippen LogP contribution in [0.5, 0.6) is 11.5 Å². The van der Waals surface area contributed by atoms with E-state index >= 15 is 0 Å². The maximum absolute atomic E-state index is 14.7. The maximum Gasteiger partial charge on any atom is 0.338 e. The van der Waals surface area contributed by atoms with Crippen LogP contribution >= 0.6 is 0 Å². The molecule has 0 radical (unpaired) electrons. The Labute approximate surface area is 208 Å². The first kappa shape index (κ1) is 26.0. The molecule has 6 heteroatoms. The number of hydrogen-bond donors (Lipinski definition) is 0. The van der Waals surface area contributed by atoms with Gasteiger partial charge in [0.1, 0.15) is 11.5 Å². The van der Waals surface area contributed by atoms with Crippen molar-refractivity contribution in [3.63, 3.8) is 0 Å². The number of hydrogen-bond acceptors (Lipinski definition) is 4. The molecule has 0 spiro atoms. The van der Waals surface area contributed by atoms with Crippen LogP contribution in [0, 0.1) is 11.6 Å². The largest absolute Gasteiger partial charge is 0.423 e. The van der Waals surface area contributed by atoms with Crippen molar-refractivity contribution >= 4 is 36.2 Å². The fourth-order valence-corrected chi connectivity index (χ4v) is 2.93. The molecule has 36 heavy (non-hydrogen) atoms. The third kappa shape index (κ3) is 6.96. The van der Waals surface area contributed by atoms with Crippen LogP contribution < -0.4 is 9.47 Å². The van der Waals surface area contributed by atoms with Gasteiger partial charge in [0.2, 0.25) is 0 Å². The van der Waals surface area contributed by atoms with Crippen molar-refractivity contribution < 1.29 is 27.8 Å². The molecule has 0 aliphatic carbocycles. The molecule has 0 aliphatic heterocycles. The number of halogens is 2. The number of carbonyl (C=O) groups excluding carboxylic acids is 2. The summed E-state index contributed by atoms with van der Waals surface area (Å²) in [6, 6.07) is 16.2. The Morgan fingerprint density at radius 1 is 0.667 bits per heavy atom. The summed E-state index contributed by atoms with van der Waals surface area (Å²) >= 11 is 0. The summed E-state index contributed by atoms with van der Waals surface area (Å²) in [4.78, 5) is 23.2. The Hall–Kier alpha value is -4.58. The summed E-state index contributed by atoms with van der Waals surface area (Å²) in [5.74, 6) is -2.36. The van der Waals surface area contributed by atoms with E-state index in [0.29, 0.717) is 22.6 Å². The van der Waals surface area contributed by atoms with E-state index in [-0.39, 0.29) is 22.3 Å². The first-order valence-corrected chi connectivity index (χ1v) is 10.9. The van der Waals surface area contributed by atoms with Gasteiger partial charge in [-0.05, 0) is 49.2 Å². The Balaban J connectivity index is 1.72. The number of carbonyl (C=O) groups is 2. The molecule has 0 aromatic heterocycles. The molecule has 0 fully saturated rings. The van der Waals surface area contributed by atoms with E-state index in [2.05, 4.69) is 13.2 Å². The quantitative estimate of drug-likeness (QED) is 0.145. The lowest BCUT2D eigenvalue weighted by Gasteiger charge is -2.05. The topological polar surface area (TPSA) is 52.6 Å². The molecular formula is C30H24F2O4. The summed E-state index contributed by atoms with van der Waals surface area (Å²) in [5, 5.41) is 0. The zero-order valence-corrected chi connectivity index (χ0v) is 19.9. The van der Waals surface area contributed by atoms with Gasteiger partial charge in [0.15, 0.2) is 11.6 Å². The standard InChI is InChI=1S/C30H24F2O4/c1-19(2)29(33)35-25-16-10-21(11-17-25)8-12-23-14-15-24(28(32)27(23)31)13-9-22-6-5-7-26(18-22)36-30(34)20(3)4/h5-18H,1,3H2,2,4H3. The second-order valence-electron chi connectivity index (χ2n) is 8.02. The Morgan fingerprint density at radius 2 is 1.17 bits per heavy atom. The van der Waals surface area contributed by atoms with Crippen molar-refractivity contribution in [2.75, 3.05) is 0 Å². The molecule has 0 atom stereocenters. The second kappa shape index (κ2) is 11.7. The summed E-state index contributed by atoms with van der Waals surface area (Å²) in [5.41, 5.74) is 2.05. The van der Waals surface area contributed by atoms with Gasteiger partial charge in [-0.1, -0.05) is 73.9 Å². The van der Waals surface area contributed by atoms with E-state index in [0.717, 1.165) is 0 Å². The van der Waals surface area contributed by atoms with Crippen LogP contribution in [-0.4, -0.2) is 11.9 Å². The third-order valence-corrected chi connectivity index (χ3v) is 4.91. The summed E-state index contributed by atoms with van der Waals surface area (Å²) < 4.78 is 39.7. The molecule has 0 heterocycles. The van der Waals surface area contributed by atoms with E-state index in [1.807, 2.05) is 0 Å². The summed E-state index contributed by atoms with van der Waals surface area (Å²) in [6.45, 7) is 10.2. The molecular weight excluding hydrogens is 462 g/mol. The number of benzene rings is 3. The van der Waals surface area contributed by atoms with Crippen molar-refractivity contribution in [1.82, 2.24) is 0 Å². The molecule has 0 amide bonds. The highest BCUT2D eigenvalue weighted by atomic mass is 19.2. The lowest BCUT2D eigenvalue weighted by molar-refractivity contribution is -0.130. The average molecular weight is 487 g/mol. The molecule has 0 N–H and O–H groups in total. The molecule has 0 saturated heterocycles. The lowest BCUT2D eigenvalue weighted by Crippen LogP contribution is -2.08. The Morgan fingerprint density at radius 3 is 1.69 bits per heavy atom. The zero-order valence-electron chi connectivity index (χ0n) is 19.9. The van der Waals surface area contributed by atoms with E-state index in [1.165, 1.54) is 24.3 Å². The number of esters is 2. The van der Waals surface area contributed by atoms with Crippen LogP contribution in [0.1, 0.15) is 36.1 Å². The molecule has 3 rings (SSSR count). The van der Waals surface area contributed by atoms with Crippen LogP contribution in [-0.2, 0) is 9.59 Å². The smallest absolute Gasteiger partial charge is 0.338 e. The highest BCUT2D eigenvalue weighted by Crippen LogP contribution is 2.22. The zero-order chi connectivity index (χ0) is 26.2. The van der Waals surface area contributed by atoms with Gasteiger partial charge < -0.3 is 9.47 Å². The normalized spacial score (nSPS) is 11.0. The van der Waals surface area contributed by atoms with Gasteiger partial charge in [-0.3, -0.25) is 0 Å². The van der Waals surface area contributed by atoms with Gasteiger partial charge in [0.25, 0.3) is 0 Å². The van der Waals surface area contributed by atoms with Crippen LogP contribution in [0.15, 0.2) is 85.0 Å². The number of ether oxygens (including phenoxy) is 2. The Bertz CT molecular complexity index is 1380. The van der Waals surface area contributed by atoms with E-state index in [1.54, 1.807) is 74.5 Å². The third-order valence-electron chi connectivity index (χ3n) is 4.91. The molecule has 0 unspecified atom stereocenters. The monoisotopic (exact) mass is 486 g/mol. The fraction of sp³-hybridized carbons (Fsp3) is 0.0667. The van der Waals surface area contributed by atoms with Gasteiger partial charge in [-0.25, -0.2) is 18.4 Å². The summed E-state index contributed by atoms with van der Waals surface area (Å²) in [6.07, 6.45) is 6.11. The highest BCUT2D eigenvalue weighted by Gasteiger charge is 2.11. The lowest BCUT2D eigenvalue weighted by atomic mass is 10.1. The van der Waals surface area contributed by atoms with Gasteiger partial charge in [0, 0.05) is 22.3 Å². The van der Waals surface area contributed by atoms with E-state index in [4.69, 9.17) is 9.47 Å². The first-order chi connectivity index (χ1) is 17.1. The van der Waals surface area contributed by atoms with Crippen molar-refractivity contribution in [3.8, 4) is 11.5 Å².